The predicted molar refractivity (Wildman–Crippen MR) is 58.8 cm³/mol. The summed E-state index contributed by atoms with van der Waals surface area (Å²) in [6.45, 7) is 6.64. The zero-order chi connectivity index (χ0) is 9.19. The molecule has 0 bridgehead atoms. The molecule has 0 heterocycles. The van der Waals surface area contributed by atoms with Crippen LogP contribution in [0.25, 0.3) is 0 Å². The van der Waals surface area contributed by atoms with E-state index in [1.807, 2.05) is 6.07 Å². The number of hydrogen-bond acceptors (Lipinski definition) is 0. The standard InChI is InChI=1S/C10H15ClSi/c1-10(2,3)12(11)9-7-5-4-6-8-9/h4-8,12H,1-3H3. The Kier molecular flexibility index (Phi) is 2.97. The lowest BCUT2D eigenvalue weighted by atomic mass is 10.2. The summed E-state index contributed by atoms with van der Waals surface area (Å²) in [5.41, 5.74) is 0. The topological polar surface area (TPSA) is 0 Å². The molecule has 66 valence electrons. The fraction of sp³-hybridized carbons (Fsp3) is 0.400. The molecule has 1 unspecified atom stereocenters. The van der Waals surface area contributed by atoms with E-state index in [4.69, 9.17) is 11.1 Å². The fourth-order valence-corrected chi connectivity index (χ4v) is 3.12. The molecule has 0 aliphatic carbocycles. The molecule has 0 radical (unpaired) electrons. The Morgan fingerprint density at radius 3 is 2.00 bits per heavy atom. The van der Waals surface area contributed by atoms with Crippen molar-refractivity contribution in [1.29, 1.82) is 0 Å². The maximum Gasteiger partial charge on any atom is 0.176 e. The van der Waals surface area contributed by atoms with E-state index in [-0.39, 0.29) is 5.04 Å². The summed E-state index contributed by atoms with van der Waals surface area (Å²) in [7, 11) is -1.28. The molecule has 1 rings (SSSR count). The van der Waals surface area contributed by atoms with Crippen molar-refractivity contribution in [3.63, 3.8) is 0 Å². The highest BCUT2D eigenvalue weighted by atomic mass is 35.6. The van der Waals surface area contributed by atoms with Crippen LogP contribution in [0, 0.1) is 0 Å². The molecule has 0 aromatic heterocycles. The Hall–Kier alpha value is -0.273. The van der Waals surface area contributed by atoms with Gasteiger partial charge in [-0.15, -0.1) is 0 Å². The highest BCUT2D eigenvalue weighted by Gasteiger charge is 2.25. The molecule has 2 heteroatoms. The third kappa shape index (κ3) is 2.36. The average molecular weight is 199 g/mol. The quantitative estimate of drug-likeness (QED) is 0.481. The van der Waals surface area contributed by atoms with Gasteiger partial charge in [-0.1, -0.05) is 51.1 Å². The molecule has 0 nitrogen and oxygen atoms in total. The minimum absolute atomic E-state index is 0.267. The van der Waals surface area contributed by atoms with Crippen molar-refractivity contribution in [1.82, 2.24) is 0 Å². The van der Waals surface area contributed by atoms with Crippen LogP contribution in [-0.4, -0.2) is 8.11 Å². The van der Waals surface area contributed by atoms with Gasteiger partial charge in [0.15, 0.2) is 8.11 Å². The number of rotatable bonds is 1. The van der Waals surface area contributed by atoms with Gasteiger partial charge < -0.3 is 0 Å². The van der Waals surface area contributed by atoms with Gasteiger partial charge >= 0.3 is 0 Å². The second-order valence-electron chi connectivity index (χ2n) is 4.14. The van der Waals surface area contributed by atoms with Crippen molar-refractivity contribution in [2.45, 2.75) is 25.8 Å². The van der Waals surface area contributed by atoms with Crippen molar-refractivity contribution in [3.05, 3.63) is 30.3 Å². The molecule has 12 heavy (non-hydrogen) atoms. The van der Waals surface area contributed by atoms with E-state index in [1.54, 1.807) is 0 Å². The van der Waals surface area contributed by atoms with Gasteiger partial charge in [0.2, 0.25) is 0 Å². The molecule has 1 aromatic rings. The summed E-state index contributed by atoms with van der Waals surface area (Å²) in [6, 6.07) is 10.4. The van der Waals surface area contributed by atoms with Crippen LogP contribution in [0.1, 0.15) is 20.8 Å². The van der Waals surface area contributed by atoms with E-state index in [0.717, 1.165) is 0 Å². The minimum Gasteiger partial charge on any atom is -0.165 e. The number of benzene rings is 1. The smallest absolute Gasteiger partial charge is 0.165 e. The van der Waals surface area contributed by atoms with Crippen LogP contribution in [-0.2, 0) is 0 Å². The average Bonchev–Trinajstić information content (AvgIpc) is 2.03. The largest absolute Gasteiger partial charge is 0.176 e. The maximum absolute atomic E-state index is 6.42. The number of hydrogen-bond donors (Lipinski definition) is 0. The van der Waals surface area contributed by atoms with Gasteiger partial charge in [0.25, 0.3) is 0 Å². The van der Waals surface area contributed by atoms with Gasteiger partial charge in [-0.3, -0.25) is 0 Å². The lowest BCUT2D eigenvalue weighted by Crippen LogP contribution is -2.33. The normalized spacial score (nSPS) is 14.3. The summed E-state index contributed by atoms with van der Waals surface area (Å²) in [4.78, 5) is 0. The molecule has 0 saturated heterocycles. The summed E-state index contributed by atoms with van der Waals surface area (Å²) in [5, 5.41) is 1.61. The van der Waals surface area contributed by atoms with Gasteiger partial charge in [0.05, 0.1) is 0 Å². The number of halogens is 1. The second-order valence-corrected chi connectivity index (χ2v) is 8.57. The lowest BCUT2D eigenvalue weighted by Gasteiger charge is -2.23. The molecule has 0 fully saturated rings. The van der Waals surface area contributed by atoms with Gasteiger partial charge in [0.1, 0.15) is 0 Å². The van der Waals surface area contributed by atoms with Crippen molar-refractivity contribution >= 4 is 24.4 Å². The molecule has 1 atom stereocenters. The van der Waals surface area contributed by atoms with Crippen molar-refractivity contribution in [2.75, 3.05) is 0 Å². The van der Waals surface area contributed by atoms with E-state index in [0.29, 0.717) is 0 Å². The van der Waals surface area contributed by atoms with Gasteiger partial charge in [-0.2, -0.15) is 11.1 Å². The Morgan fingerprint density at radius 2 is 1.58 bits per heavy atom. The fourth-order valence-electron chi connectivity index (χ4n) is 1.12. The van der Waals surface area contributed by atoms with Crippen LogP contribution in [0.5, 0.6) is 0 Å². The molecule has 0 saturated carbocycles. The molecule has 1 aromatic carbocycles. The van der Waals surface area contributed by atoms with Crippen LogP contribution < -0.4 is 5.19 Å². The molecule has 0 amide bonds. The summed E-state index contributed by atoms with van der Waals surface area (Å²) in [6.07, 6.45) is 0. The SMILES string of the molecule is CC(C)(C)[SiH](Cl)c1ccccc1. The third-order valence-corrected chi connectivity index (χ3v) is 7.06. The third-order valence-electron chi connectivity index (χ3n) is 1.85. The van der Waals surface area contributed by atoms with E-state index >= 15 is 0 Å². The highest BCUT2D eigenvalue weighted by molar-refractivity contribution is 7.15. The molecule has 0 aliphatic rings. The lowest BCUT2D eigenvalue weighted by molar-refractivity contribution is 0.754. The molecular weight excluding hydrogens is 184 g/mol. The van der Waals surface area contributed by atoms with Crippen LogP contribution in [0.3, 0.4) is 0 Å². The Balaban J connectivity index is 2.86. The van der Waals surface area contributed by atoms with Crippen LogP contribution >= 0.6 is 11.1 Å². The molecule has 0 spiro atoms. The Labute approximate surface area is 80.9 Å². The van der Waals surface area contributed by atoms with Gasteiger partial charge in [-0.25, -0.2) is 0 Å². The zero-order valence-electron chi connectivity index (χ0n) is 7.84. The monoisotopic (exact) mass is 198 g/mol. The first-order valence-electron chi connectivity index (χ1n) is 4.21. The predicted octanol–water partition coefficient (Wildman–Crippen LogP) is 2.66. The van der Waals surface area contributed by atoms with E-state index < -0.39 is 8.11 Å². The zero-order valence-corrected chi connectivity index (χ0v) is 9.75. The van der Waals surface area contributed by atoms with E-state index in [9.17, 15) is 0 Å². The van der Waals surface area contributed by atoms with Crippen LogP contribution in [0.15, 0.2) is 30.3 Å². The first-order valence-corrected chi connectivity index (χ1v) is 7.11. The summed E-state index contributed by atoms with van der Waals surface area (Å²) in [5.74, 6) is 0. The first-order chi connectivity index (χ1) is 5.52. The van der Waals surface area contributed by atoms with Gasteiger partial charge in [-0.05, 0) is 10.2 Å². The van der Waals surface area contributed by atoms with Crippen LogP contribution in [0.4, 0.5) is 0 Å². The molecule has 0 aliphatic heterocycles. The van der Waals surface area contributed by atoms with Crippen molar-refractivity contribution in [3.8, 4) is 0 Å². The minimum atomic E-state index is -1.28. The first kappa shape index (κ1) is 9.81. The van der Waals surface area contributed by atoms with E-state index in [2.05, 4.69) is 45.0 Å². The van der Waals surface area contributed by atoms with E-state index in [1.165, 1.54) is 5.19 Å². The highest BCUT2D eigenvalue weighted by Crippen LogP contribution is 2.28. The maximum atomic E-state index is 6.42. The Morgan fingerprint density at radius 1 is 1.08 bits per heavy atom. The van der Waals surface area contributed by atoms with Crippen molar-refractivity contribution < 1.29 is 0 Å². The second kappa shape index (κ2) is 3.63. The van der Waals surface area contributed by atoms with Crippen molar-refractivity contribution in [2.24, 2.45) is 0 Å². The van der Waals surface area contributed by atoms with Gasteiger partial charge in [0, 0.05) is 0 Å². The Bertz CT molecular complexity index is 238. The summed E-state index contributed by atoms with van der Waals surface area (Å²) < 4.78 is 0. The van der Waals surface area contributed by atoms with Crippen LogP contribution in [0.2, 0.25) is 5.04 Å². The molecule has 0 N–H and O–H groups in total. The summed E-state index contributed by atoms with van der Waals surface area (Å²) >= 11 is 6.42. The molecular formula is C10H15ClSi.